The first-order valence-corrected chi connectivity index (χ1v) is 9.59. The lowest BCUT2D eigenvalue weighted by molar-refractivity contribution is -0.274. The van der Waals surface area contributed by atoms with Crippen LogP contribution in [-0.2, 0) is 17.8 Å². The van der Waals surface area contributed by atoms with Crippen LogP contribution in [0.1, 0.15) is 21.6 Å². The van der Waals surface area contributed by atoms with Gasteiger partial charge in [-0.05, 0) is 18.2 Å². The normalized spacial score (nSPS) is 11.0. The van der Waals surface area contributed by atoms with Crippen LogP contribution in [0.25, 0.3) is 0 Å². The molecule has 0 aliphatic carbocycles. The predicted octanol–water partition coefficient (Wildman–Crippen LogP) is 4.15. The molecule has 0 radical (unpaired) electrons. The standard InChI is InChI=1S/C20H16F3N3O3S/c21-20(22,23)29-16-9-5-4-8-14(16)11-24-17(27)10-15-12-30-19(25-15)26-18(28)13-6-2-1-3-7-13/h1-9,12H,10-11H2,(H,24,27)(H,25,26,28). The van der Waals surface area contributed by atoms with E-state index >= 15 is 0 Å². The van der Waals surface area contributed by atoms with E-state index < -0.39 is 12.3 Å². The quantitative estimate of drug-likeness (QED) is 0.584. The summed E-state index contributed by atoms with van der Waals surface area (Å²) < 4.78 is 41.3. The first-order chi connectivity index (χ1) is 14.3. The summed E-state index contributed by atoms with van der Waals surface area (Å²) in [6, 6.07) is 14.2. The molecule has 2 aromatic carbocycles. The number of aromatic nitrogens is 1. The second-order valence-corrected chi connectivity index (χ2v) is 6.93. The molecule has 0 bridgehead atoms. The van der Waals surface area contributed by atoms with E-state index in [2.05, 4.69) is 20.4 Å². The zero-order chi connectivity index (χ0) is 21.6. The van der Waals surface area contributed by atoms with Crippen LogP contribution < -0.4 is 15.4 Å². The van der Waals surface area contributed by atoms with Gasteiger partial charge < -0.3 is 10.1 Å². The van der Waals surface area contributed by atoms with Crippen LogP contribution in [0.3, 0.4) is 0 Å². The Balaban J connectivity index is 1.53. The van der Waals surface area contributed by atoms with Crippen LogP contribution >= 0.6 is 11.3 Å². The summed E-state index contributed by atoms with van der Waals surface area (Å²) in [5.41, 5.74) is 1.10. The van der Waals surface area contributed by atoms with Gasteiger partial charge in [0.05, 0.1) is 12.1 Å². The molecule has 0 aliphatic rings. The second-order valence-electron chi connectivity index (χ2n) is 6.07. The van der Waals surface area contributed by atoms with Gasteiger partial charge in [0, 0.05) is 23.1 Å². The lowest BCUT2D eigenvalue weighted by atomic mass is 10.2. The molecule has 6 nitrogen and oxygen atoms in total. The highest BCUT2D eigenvalue weighted by Crippen LogP contribution is 2.26. The molecular formula is C20H16F3N3O3S. The fourth-order valence-corrected chi connectivity index (χ4v) is 3.20. The highest BCUT2D eigenvalue weighted by Gasteiger charge is 2.32. The molecule has 3 aromatic rings. The number of nitrogens with one attached hydrogen (secondary N) is 2. The summed E-state index contributed by atoms with van der Waals surface area (Å²) in [6.45, 7) is -0.132. The molecule has 0 saturated carbocycles. The maximum Gasteiger partial charge on any atom is 0.573 e. The minimum absolute atomic E-state index is 0.0833. The molecule has 3 rings (SSSR count). The Labute approximate surface area is 173 Å². The minimum Gasteiger partial charge on any atom is -0.405 e. The topological polar surface area (TPSA) is 80.3 Å². The zero-order valence-corrected chi connectivity index (χ0v) is 16.2. The molecule has 0 saturated heterocycles. The third kappa shape index (κ3) is 6.31. The summed E-state index contributed by atoms with van der Waals surface area (Å²) >= 11 is 1.17. The largest absolute Gasteiger partial charge is 0.573 e. The van der Waals surface area contributed by atoms with Gasteiger partial charge in [-0.2, -0.15) is 0 Å². The van der Waals surface area contributed by atoms with Gasteiger partial charge in [0.25, 0.3) is 5.91 Å². The van der Waals surface area contributed by atoms with Crippen molar-refractivity contribution in [3.05, 3.63) is 76.8 Å². The van der Waals surface area contributed by atoms with E-state index in [0.717, 1.165) is 0 Å². The number of carbonyl (C=O) groups is 2. The lowest BCUT2D eigenvalue weighted by Gasteiger charge is -2.13. The van der Waals surface area contributed by atoms with E-state index in [-0.39, 0.29) is 30.2 Å². The average Bonchev–Trinajstić information content (AvgIpc) is 3.13. The van der Waals surface area contributed by atoms with Crippen molar-refractivity contribution in [2.24, 2.45) is 0 Å². The first-order valence-electron chi connectivity index (χ1n) is 8.71. The maximum absolute atomic E-state index is 12.5. The smallest absolute Gasteiger partial charge is 0.405 e. The van der Waals surface area contributed by atoms with Crippen LogP contribution in [0, 0.1) is 0 Å². The third-order valence-electron chi connectivity index (χ3n) is 3.82. The third-order valence-corrected chi connectivity index (χ3v) is 4.63. The van der Waals surface area contributed by atoms with Gasteiger partial charge in [-0.1, -0.05) is 36.4 Å². The summed E-state index contributed by atoms with van der Waals surface area (Å²) in [6.07, 6.45) is -4.90. The highest BCUT2D eigenvalue weighted by atomic mass is 32.1. The molecule has 1 heterocycles. The number of halogens is 3. The van der Waals surface area contributed by atoms with Gasteiger partial charge >= 0.3 is 6.36 Å². The second kappa shape index (κ2) is 9.40. The molecule has 2 amide bonds. The van der Waals surface area contributed by atoms with Crippen LogP contribution in [0.5, 0.6) is 5.75 Å². The van der Waals surface area contributed by atoms with E-state index in [4.69, 9.17) is 0 Å². The molecular weight excluding hydrogens is 419 g/mol. The van der Waals surface area contributed by atoms with Crippen molar-refractivity contribution < 1.29 is 27.5 Å². The number of alkyl halides is 3. The molecule has 156 valence electrons. The summed E-state index contributed by atoms with van der Waals surface area (Å²) in [5, 5.41) is 7.16. The number of carbonyl (C=O) groups excluding carboxylic acids is 2. The van der Waals surface area contributed by atoms with Crippen molar-refractivity contribution in [3.8, 4) is 5.75 Å². The Bertz CT molecular complexity index is 1020. The minimum atomic E-state index is -4.82. The molecule has 0 aliphatic heterocycles. The van der Waals surface area contributed by atoms with Gasteiger partial charge in [-0.3, -0.25) is 14.9 Å². The first kappa shape index (κ1) is 21.3. The SMILES string of the molecule is O=C(Cc1csc(NC(=O)c2ccccc2)n1)NCc1ccccc1OC(F)(F)F. The number of hydrogen-bond acceptors (Lipinski definition) is 5. The molecule has 0 fully saturated rings. The monoisotopic (exact) mass is 435 g/mol. The highest BCUT2D eigenvalue weighted by molar-refractivity contribution is 7.14. The van der Waals surface area contributed by atoms with E-state index in [9.17, 15) is 22.8 Å². The number of thiazole rings is 1. The van der Waals surface area contributed by atoms with Gasteiger partial charge in [-0.25, -0.2) is 4.98 Å². The molecule has 10 heteroatoms. The Morgan fingerprint density at radius 2 is 1.73 bits per heavy atom. The summed E-state index contributed by atoms with van der Waals surface area (Å²) in [7, 11) is 0. The Kier molecular flexibility index (Phi) is 6.68. The number of nitrogens with zero attached hydrogens (tertiary/aromatic N) is 1. The van der Waals surface area contributed by atoms with Crippen molar-refractivity contribution in [2.45, 2.75) is 19.3 Å². The van der Waals surface area contributed by atoms with Gasteiger partial charge in [0.2, 0.25) is 5.91 Å². The Hall–Kier alpha value is -3.40. The number of rotatable bonds is 7. The van der Waals surface area contributed by atoms with Crippen molar-refractivity contribution in [3.63, 3.8) is 0 Å². The number of benzene rings is 2. The number of anilines is 1. The van der Waals surface area contributed by atoms with Crippen LogP contribution in [0.15, 0.2) is 60.0 Å². The van der Waals surface area contributed by atoms with E-state index in [1.807, 2.05) is 0 Å². The van der Waals surface area contributed by atoms with E-state index in [1.165, 1.54) is 29.5 Å². The number of amides is 2. The number of para-hydroxylation sites is 1. The van der Waals surface area contributed by atoms with Gasteiger partial charge in [0.1, 0.15) is 5.75 Å². The Morgan fingerprint density at radius 1 is 1.03 bits per heavy atom. The summed E-state index contributed by atoms with van der Waals surface area (Å²) in [5.74, 6) is -1.12. The van der Waals surface area contributed by atoms with Crippen molar-refractivity contribution in [2.75, 3.05) is 5.32 Å². The van der Waals surface area contributed by atoms with Crippen LogP contribution in [0.4, 0.5) is 18.3 Å². The number of hydrogen-bond donors (Lipinski definition) is 2. The molecule has 0 spiro atoms. The van der Waals surface area contributed by atoms with Gasteiger partial charge in [-0.15, -0.1) is 24.5 Å². The van der Waals surface area contributed by atoms with Crippen molar-refractivity contribution in [1.29, 1.82) is 0 Å². The Morgan fingerprint density at radius 3 is 2.47 bits per heavy atom. The molecule has 0 atom stereocenters. The maximum atomic E-state index is 12.5. The van der Waals surface area contributed by atoms with E-state index in [1.54, 1.807) is 41.8 Å². The van der Waals surface area contributed by atoms with Gasteiger partial charge in [0.15, 0.2) is 5.13 Å². The van der Waals surface area contributed by atoms with Crippen molar-refractivity contribution in [1.82, 2.24) is 10.3 Å². The van der Waals surface area contributed by atoms with Crippen LogP contribution in [-0.4, -0.2) is 23.2 Å². The van der Waals surface area contributed by atoms with E-state index in [0.29, 0.717) is 16.4 Å². The number of ether oxygens (including phenoxy) is 1. The van der Waals surface area contributed by atoms with Crippen LogP contribution in [0.2, 0.25) is 0 Å². The molecule has 0 unspecified atom stereocenters. The fraction of sp³-hybridized carbons (Fsp3) is 0.150. The predicted molar refractivity (Wildman–Crippen MR) is 105 cm³/mol. The van der Waals surface area contributed by atoms with Crippen molar-refractivity contribution >= 4 is 28.3 Å². The lowest BCUT2D eigenvalue weighted by Crippen LogP contribution is -2.26. The molecule has 2 N–H and O–H groups in total. The average molecular weight is 435 g/mol. The zero-order valence-electron chi connectivity index (χ0n) is 15.4. The fourth-order valence-electron chi connectivity index (χ4n) is 2.50. The molecule has 1 aromatic heterocycles. The molecule has 30 heavy (non-hydrogen) atoms. The summed E-state index contributed by atoms with van der Waals surface area (Å²) in [4.78, 5) is 28.4.